The average molecular weight is 394 g/mol. The molecular weight excluding hydrogens is 375 g/mol. The molecule has 2 amide bonds. The van der Waals surface area contributed by atoms with Crippen molar-refractivity contribution in [1.29, 1.82) is 0 Å². The fraction of sp³-hybridized carbons (Fsp3) is 0.0909. The molecule has 0 radical (unpaired) electrons. The Morgan fingerprint density at radius 2 is 1.69 bits per heavy atom. The molecule has 0 spiro atoms. The third-order valence-corrected chi connectivity index (χ3v) is 3.91. The van der Waals surface area contributed by atoms with Crippen LogP contribution in [0.1, 0.15) is 15.9 Å². The Labute approximate surface area is 167 Å². The fourth-order valence-electron chi connectivity index (χ4n) is 2.54. The van der Waals surface area contributed by atoms with Gasteiger partial charge in [-0.2, -0.15) is 0 Å². The van der Waals surface area contributed by atoms with Gasteiger partial charge in [-0.1, -0.05) is 30.3 Å². The molecule has 0 saturated heterocycles. The van der Waals surface area contributed by atoms with Gasteiger partial charge in [0.05, 0.1) is 5.56 Å². The minimum absolute atomic E-state index is 0.195. The normalized spacial score (nSPS) is 10.2. The van der Waals surface area contributed by atoms with E-state index in [4.69, 9.17) is 15.2 Å². The maximum absolute atomic E-state index is 13.0. The number of nitrogens with one attached hydrogen (secondary N) is 1. The molecule has 0 aliphatic heterocycles. The van der Waals surface area contributed by atoms with Crippen LogP contribution in [0.2, 0.25) is 0 Å². The number of ether oxygens (including phenoxy) is 2. The first-order valence-electron chi connectivity index (χ1n) is 8.80. The molecule has 0 aliphatic rings. The van der Waals surface area contributed by atoms with Gasteiger partial charge in [-0.3, -0.25) is 9.59 Å². The maximum Gasteiger partial charge on any atom is 0.259 e. The Balaban J connectivity index is 1.69. The van der Waals surface area contributed by atoms with Crippen molar-refractivity contribution in [2.45, 2.75) is 6.61 Å². The van der Waals surface area contributed by atoms with Gasteiger partial charge in [0.2, 0.25) is 0 Å². The summed E-state index contributed by atoms with van der Waals surface area (Å²) in [4.78, 5) is 23.5. The van der Waals surface area contributed by atoms with Gasteiger partial charge in [-0.05, 0) is 42.0 Å². The highest BCUT2D eigenvalue weighted by molar-refractivity contribution is 6.06. The lowest BCUT2D eigenvalue weighted by atomic mass is 10.1. The molecule has 3 N–H and O–H groups in total. The summed E-state index contributed by atoms with van der Waals surface area (Å²) in [5.74, 6) is -0.480. The van der Waals surface area contributed by atoms with Crippen LogP contribution in [0.5, 0.6) is 11.5 Å². The highest BCUT2D eigenvalue weighted by atomic mass is 19.1. The zero-order valence-electron chi connectivity index (χ0n) is 15.4. The molecule has 3 aromatic rings. The van der Waals surface area contributed by atoms with Gasteiger partial charge in [-0.25, -0.2) is 4.39 Å². The number of rotatable bonds is 8. The van der Waals surface area contributed by atoms with Crippen LogP contribution in [0.4, 0.5) is 10.1 Å². The standard InChI is InChI=1S/C22H19FN2O4/c23-16-10-8-15(9-11-16)13-29-20-7-2-1-6-19(20)22(27)25-17-4-3-5-18(12-17)28-14-21(24)26/h1-12H,13-14H2,(H2,24,26)(H,25,27). The molecule has 3 aromatic carbocycles. The summed E-state index contributed by atoms with van der Waals surface area (Å²) in [5.41, 5.74) is 6.68. The third-order valence-electron chi connectivity index (χ3n) is 3.91. The van der Waals surface area contributed by atoms with Crippen molar-refractivity contribution in [2.24, 2.45) is 5.73 Å². The van der Waals surface area contributed by atoms with E-state index in [-0.39, 0.29) is 24.9 Å². The Bertz CT molecular complexity index is 1010. The summed E-state index contributed by atoms with van der Waals surface area (Å²) in [6, 6.07) is 19.4. The number of halogens is 1. The van der Waals surface area contributed by atoms with Crippen molar-refractivity contribution in [3.05, 3.63) is 89.7 Å². The second-order valence-corrected chi connectivity index (χ2v) is 6.15. The largest absolute Gasteiger partial charge is 0.488 e. The number of carbonyl (C=O) groups excluding carboxylic acids is 2. The van der Waals surface area contributed by atoms with Crippen LogP contribution in [0.15, 0.2) is 72.8 Å². The van der Waals surface area contributed by atoms with Gasteiger partial charge in [0, 0.05) is 11.8 Å². The van der Waals surface area contributed by atoms with E-state index >= 15 is 0 Å². The molecule has 6 nitrogen and oxygen atoms in total. The monoisotopic (exact) mass is 394 g/mol. The number of hydrogen-bond donors (Lipinski definition) is 2. The predicted molar refractivity (Wildman–Crippen MR) is 106 cm³/mol. The van der Waals surface area contributed by atoms with Crippen molar-refractivity contribution in [1.82, 2.24) is 0 Å². The lowest BCUT2D eigenvalue weighted by Gasteiger charge is -2.12. The molecule has 0 saturated carbocycles. The van der Waals surface area contributed by atoms with Crippen molar-refractivity contribution in [3.8, 4) is 11.5 Å². The SMILES string of the molecule is NC(=O)COc1cccc(NC(=O)c2ccccc2OCc2ccc(F)cc2)c1. The lowest BCUT2D eigenvalue weighted by Crippen LogP contribution is -2.20. The highest BCUT2D eigenvalue weighted by Gasteiger charge is 2.13. The number of anilines is 1. The summed E-state index contributed by atoms with van der Waals surface area (Å²) < 4.78 is 24.0. The summed E-state index contributed by atoms with van der Waals surface area (Å²) in [7, 11) is 0. The zero-order valence-corrected chi connectivity index (χ0v) is 15.4. The Morgan fingerprint density at radius 1 is 0.931 bits per heavy atom. The zero-order chi connectivity index (χ0) is 20.6. The first kappa shape index (κ1) is 19.9. The second kappa shape index (κ2) is 9.36. The number of hydrogen-bond acceptors (Lipinski definition) is 4. The Hall–Kier alpha value is -3.87. The van der Waals surface area contributed by atoms with Gasteiger partial charge in [0.1, 0.15) is 23.9 Å². The molecule has 0 fully saturated rings. The van der Waals surface area contributed by atoms with E-state index in [1.165, 1.54) is 12.1 Å². The first-order valence-corrected chi connectivity index (χ1v) is 8.80. The summed E-state index contributed by atoms with van der Waals surface area (Å²) >= 11 is 0. The summed E-state index contributed by atoms with van der Waals surface area (Å²) in [6.07, 6.45) is 0. The third kappa shape index (κ3) is 5.80. The fourth-order valence-corrected chi connectivity index (χ4v) is 2.54. The predicted octanol–water partition coefficient (Wildman–Crippen LogP) is 3.52. The highest BCUT2D eigenvalue weighted by Crippen LogP contribution is 2.23. The van der Waals surface area contributed by atoms with Gasteiger partial charge in [-0.15, -0.1) is 0 Å². The molecule has 0 aromatic heterocycles. The van der Waals surface area contributed by atoms with Crippen molar-refractivity contribution in [2.75, 3.05) is 11.9 Å². The second-order valence-electron chi connectivity index (χ2n) is 6.15. The number of amides is 2. The lowest BCUT2D eigenvalue weighted by molar-refractivity contribution is -0.119. The van der Waals surface area contributed by atoms with Crippen LogP contribution in [-0.4, -0.2) is 18.4 Å². The topological polar surface area (TPSA) is 90.7 Å². The van der Waals surface area contributed by atoms with Gasteiger partial charge >= 0.3 is 0 Å². The molecule has 7 heteroatoms. The van der Waals surface area contributed by atoms with Gasteiger partial charge < -0.3 is 20.5 Å². The van der Waals surface area contributed by atoms with Crippen molar-refractivity contribution < 1.29 is 23.5 Å². The van der Waals surface area contributed by atoms with E-state index in [0.29, 0.717) is 22.7 Å². The quantitative estimate of drug-likeness (QED) is 0.612. The van der Waals surface area contributed by atoms with E-state index in [2.05, 4.69) is 5.32 Å². The van der Waals surface area contributed by atoms with E-state index < -0.39 is 5.91 Å². The van der Waals surface area contributed by atoms with Crippen LogP contribution < -0.4 is 20.5 Å². The molecule has 0 heterocycles. The molecular formula is C22H19FN2O4. The van der Waals surface area contributed by atoms with Gasteiger partial charge in [0.25, 0.3) is 11.8 Å². The number of nitrogens with two attached hydrogens (primary N) is 1. The van der Waals surface area contributed by atoms with Crippen molar-refractivity contribution in [3.63, 3.8) is 0 Å². The number of para-hydroxylation sites is 1. The maximum atomic E-state index is 13.0. The minimum Gasteiger partial charge on any atom is -0.488 e. The van der Waals surface area contributed by atoms with Crippen LogP contribution >= 0.6 is 0 Å². The number of benzene rings is 3. The number of carbonyl (C=O) groups is 2. The smallest absolute Gasteiger partial charge is 0.259 e. The average Bonchev–Trinajstić information content (AvgIpc) is 2.72. The van der Waals surface area contributed by atoms with Gasteiger partial charge in [0.15, 0.2) is 6.61 Å². The Morgan fingerprint density at radius 3 is 2.45 bits per heavy atom. The molecule has 29 heavy (non-hydrogen) atoms. The first-order chi connectivity index (χ1) is 14.0. The molecule has 148 valence electrons. The van der Waals surface area contributed by atoms with Crippen molar-refractivity contribution >= 4 is 17.5 Å². The van der Waals surface area contributed by atoms with Crippen LogP contribution in [0.3, 0.4) is 0 Å². The molecule has 0 bridgehead atoms. The van der Waals surface area contributed by atoms with E-state index in [9.17, 15) is 14.0 Å². The summed E-state index contributed by atoms with van der Waals surface area (Å²) in [5, 5.41) is 2.77. The Kier molecular flexibility index (Phi) is 6.42. The molecule has 0 aliphatic carbocycles. The van der Waals surface area contributed by atoms with E-state index in [1.54, 1.807) is 60.7 Å². The van der Waals surface area contributed by atoms with E-state index in [0.717, 1.165) is 5.56 Å². The van der Waals surface area contributed by atoms with Crippen LogP contribution in [0, 0.1) is 5.82 Å². The summed E-state index contributed by atoms with van der Waals surface area (Å²) in [6.45, 7) is -0.0571. The minimum atomic E-state index is -0.591. The van der Waals surface area contributed by atoms with Crippen LogP contribution in [0.25, 0.3) is 0 Å². The van der Waals surface area contributed by atoms with E-state index in [1.807, 2.05) is 0 Å². The van der Waals surface area contributed by atoms with Crippen LogP contribution in [-0.2, 0) is 11.4 Å². The molecule has 0 unspecified atom stereocenters. The molecule has 0 atom stereocenters. The molecule has 3 rings (SSSR count). The number of primary amides is 1.